The second kappa shape index (κ2) is 6.65. The number of rotatable bonds is 4. The van der Waals surface area contributed by atoms with E-state index in [-0.39, 0.29) is 5.78 Å². The first-order valence-corrected chi connectivity index (χ1v) is 8.13. The van der Waals surface area contributed by atoms with E-state index in [2.05, 4.69) is 9.88 Å². The zero-order valence-electron chi connectivity index (χ0n) is 12.4. The Morgan fingerprint density at radius 1 is 1.24 bits per heavy atom. The highest BCUT2D eigenvalue weighted by molar-refractivity contribution is 5.94. The van der Waals surface area contributed by atoms with E-state index in [0.717, 1.165) is 25.2 Å². The van der Waals surface area contributed by atoms with Crippen LogP contribution < -0.4 is 0 Å². The smallest absolute Gasteiger partial charge is 0.182 e. The lowest BCUT2D eigenvalue weighted by atomic mass is 9.78. The number of aromatic nitrogens is 1. The van der Waals surface area contributed by atoms with E-state index in [0.29, 0.717) is 18.2 Å². The summed E-state index contributed by atoms with van der Waals surface area (Å²) in [4.78, 5) is 18.5. The quantitative estimate of drug-likeness (QED) is 0.796. The number of carbonyl (C=O) groups excluding carboxylic acids is 1. The highest BCUT2D eigenvalue weighted by Gasteiger charge is 2.32. The molecule has 2 fully saturated rings. The van der Waals surface area contributed by atoms with Crippen LogP contribution in [0.25, 0.3) is 0 Å². The molecule has 2 unspecified atom stereocenters. The zero-order chi connectivity index (χ0) is 14.7. The number of nitrogens with zero attached hydrogens (tertiary/aromatic N) is 2. The van der Waals surface area contributed by atoms with Crippen LogP contribution in [0.2, 0.25) is 0 Å². The van der Waals surface area contributed by atoms with Gasteiger partial charge in [-0.15, -0.1) is 0 Å². The number of piperidine rings is 1. The number of fused-ring (bicyclic) bond motifs is 1. The van der Waals surface area contributed by atoms with Gasteiger partial charge in [-0.3, -0.25) is 14.7 Å². The van der Waals surface area contributed by atoms with Gasteiger partial charge in [0.1, 0.15) is 11.5 Å². The van der Waals surface area contributed by atoms with Gasteiger partial charge in [-0.25, -0.2) is 4.39 Å². The van der Waals surface area contributed by atoms with Gasteiger partial charge in [-0.1, -0.05) is 12.8 Å². The Balaban J connectivity index is 1.56. The van der Waals surface area contributed by atoms with Crippen molar-refractivity contribution in [2.24, 2.45) is 5.92 Å². The summed E-state index contributed by atoms with van der Waals surface area (Å²) in [6.45, 7) is 1.93. The SMILES string of the molecule is O=C(CCN1CCCC2CCCCC21)c1ccc(F)cn1. The molecule has 1 aromatic rings. The van der Waals surface area contributed by atoms with E-state index >= 15 is 0 Å². The number of halogens is 1. The molecule has 2 atom stereocenters. The first-order valence-electron chi connectivity index (χ1n) is 8.13. The molecule has 0 spiro atoms. The van der Waals surface area contributed by atoms with Crippen molar-refractivity contribution in [2.45, 2.75) is 51.0 Å². The van der Waals surface area contributed by atoms with Crippen LogP contribution in [0.1, 0.15) is 55.4 Å². The number of carbonyl (C=O) groups is 1. The van der Waals surface area contributed by atoms with Crippen molar-refractivity contribution in [1.29, 1.82) is 0 Å². The molecular weight excluding hydrogens is 267 g/mol. The maximum atomic E-state index is 12.8. The van der Waals surface area contributed by atoms with Gasteiger partial charge in [0.2, 0.25) is 0 Å². The first kappa shape index (κ1) is 14.6. The molecule has 1 aliphatic heterocycles. The lowest BCUT2D eigenvalue weighted by molar-refractivity contribution is 0.0574. The molecule has 21 heavy (non-hydrogen) atoms. The molecule has 2 heterocycles. The standard InChI is InChI=1S/C17H23FN2O/c18-14-7-8-15(19-12-14)17(21)9-11-20-10-3-5-13-4-1-2-6-16(13)20/h7-8,12-13,16H,1-6,9-11H2. The Kier molecular flexibility index (Phi) is 4.63. The Labute approximate surface area is 125 Å². The van der Waals surface area contributed by atoms with Crippen LogP contribution in [0.15, 0.2) is 18.3 Å². The average Bonchev–Trinajstić information content (AvgIpc) is 2.53. The minimum absolute atomic E-state index is 0.0212. The Morgan fingerprint density at radius 3 is 2.86 bits per heavy atom. The van der Waals surface area contributed by atoms with Crippen molar-refractivity contribution in [2.75, 3.05) is 13.1 Å². The molecule has 1 aromatic heterocycles. The van der Waals surface area contributed by atoms with Crippen molar-refractivity contribution < 1.29 is 9.18 Å². The monoisotopic (exact) mass is 290 g/mol. The number of hydrogen-bond donors (Lipinski definition) is 0. The number of hydrogen-bond acceptors (Lipinski definition) is 3. The molecule has 0 aromatic carbocycles. The molecule has 0 amide bonds. The zero-order valence-corrected chi connectivity index (χ0v) is 12.4. The van der Waals surface area contributed by atoms with Gasteiger partial charge >= 0.3 is 0 Å². The van der Waals surface area contributed by atoms with Crippen LogP contribution in [0.3, 0.4) is 0 Å². The van der Waals surface area contributed by atoms with E-state index in [4.69, 9.17) is 0 Å². The van der Waals surface area contributed by atoms with Crippen LogP contribution in [-0.2, 0) is 0 Å². The molecule has 1 aliphatic carbocycles. The topological polar surface area (TPSA) is 33.2 Å². The molecule has 114 valence electrons. The van der Waals surface area contributed by atoms with Crippen LogP contribution in [0, 0.1) is 11.7 Å². The summed E-state index contributed by atoms with van der Waals surface area (Å²) in [6, 6.07) is 3.47. The highest BCUT2D eigenvalue weighted by atomic mass is 19.1. The summed E-state index contributed by atoms with van der Waals surface area (Å²) in [5.74, 6) is 0.465. The molecule has 0 N–H and O–H groups in total. The summed E-state index contributed by atoms with van der Waals surface area (Å²) in [6.07, 6.45) is 9.55. The average molecular weight is 290 g/mol. The van der Waals surface area contributed by atoms with Crippen molar-refractivity contribution >= 4 is 5.78 Å². The maximum absolute atomic E-state index is 12.8. The van der Waals surface area contributed by atoms with Gasteiger partial charge in [0.05, 0.1) is 6.20 Å². The van der Waals surface area contributed by atoms with E-state index in [1.54, 1.807) is 0 Å². The minimum Gasteiger partial charge on any atom is -0.300 e. The fraction of sp³-hybridized carbons (Fsp3) is 0.647. The van der Waals surface area contributed by atoms with Gasteiger partial charge in [0.25, 0.3) is 0 Å². The van der Waals surface area contributed by atoms with Gasteiger partial charge in [0.15, 0.2) is 5.78 Å². The second-order valence-electron chi connectivity index (χ2n) is 6.32. The third kappa shape index (κ3) is 3.49. The van der Waals surface area contributed by atoms with E-state index < -0.39 is 5.82 Å². The van der Waals surface area contributed by atoms with Gasteiger partial charge in [-0.05, 0) is 50.3 Å². The third-order valence-electron chi connectivity index (χ3n) is 5.00. The lowest BCUT2D eigenvalue weighted by Crippen LogP contribution is -2.47. The predicted octanol–water partition coefficient (Wildman–Crippen LogP) is 3.45. The van der Waals surface area contributed by atoms with Crippen molar-refractivity contribution in [3.63, 3.8) is 0 Å². The van der Waals surface area contributed by atoms with Crippen molar-refractivity contribution in [3.8, 4) is 0 Å². The van der Waals surface area contributed by atoms with Crippen molar-refractivity contribution in [1.82, 2.24) is 9.88 Å². The highest BCUT2D eigenvalue weighted by Crippen LogP contribution is 2.35. The molecule has 4 heteroatoms. The molecule has 3 nitrogen and oxygen atoms in total. The van der Waals surface area contributed by atoms with Gasteiger partial charge in [0, 0.05) is 19.0 Å². The van der Waals surface area contributed by atoms with Gasteiger partial charge in [-0.2, -0.15) is 0 Å². The molecular formula is C17H23FN2O. The summed E-state index contributed by atoms with van der Waals surface area (Å²) < 4.78 is 12.8. The fourth-order valence-corrected chi connectivity index (χ4v) is 3.92. The second-order valence-corrected chi connectivity index (χ2v) is 6.32. The minimum atomic E-state index is -0.396. The number of likely N-dealkylation sites (tertiary alicyclic amines) is 1. The summed E-state index contributed by atoms with van der Waals surface area (Å²) in [5, 5.41) is 0. The molecule has 0 bridgehead atoms. The Bertz CT molecular complexity index is 486. The molecule has 3 rings (SSSR count). The Morgan fingerprint density at radius 2 is 2.05 bits per heavy atom. The molecule has 0 radical (unpaired) electrons. The maximum Gasteiger partial charge on any atom is 0.182 e. The van der Waals surface area contributed by atoms with Crippen LogP contribution in [0.4, 0.5) is 4.39 Å². The van der Waals surface area contributed by atoms with Crippen LogP contribution in [0.5, 0.6) is 0 Å². The largest absolute Gasteiger partial charge is 0.300 e. The molecule has 1 saturated heterocycles. The summed E-state index contributed by atoms with van der Waals surface area (Å²) >= 11 is 0. The fourth-order valence-electron chi connectivity index (χ4n) is 3.92. The van der Waals surface area contributed by atoms with Crippen LogP contribution >= 0.6 is 0 Å². The van der Waals surface area contributed by atoms with Crippen LogP contribution in [-0.4, -0.2) is 34.8 Å². The summed E-state index contributed by atoms with van der Waals surface area (Å²) in [5.41, 5.74) is 0.383. The Hall–Kier alpha value is -1.29. The number of ketones is 1. The molecule has 1 saturated carbocycles. The van der Waals surface area contributed by atoms with Gasteiger partial charge < -0.3 is 0 Å². The third-order valence-corrected chi connectivity index (χ3v) is 5.00. The number of pyridine rings is 1. The normalized spacial score (nSPS) is 26.3. The lowest BCUT2D eigenvalue weighted by Gasteiger charge is -2.44. The van der Waals surface area contributed by atoms with E-state index in [1.165, 1.54) is 50.7 Å². The molecule has 2 aliphatic rings. The first-order chi connectivity index (χ1) is 10.2. The van der Waals surface area contributed by atoms with Crippen molar-refractivity contribution in [3.05, 3.63) is 29.8 Å². The van der Waals surface area contributed by atoms with E-state index in [9.17, 15) is 9.18 Å². The summed E-state index contributed by atoms with van der Waals surface area (Å²) in [7, 11) is 0. The predicted molar refractivity (Wildman–Crippen MR) is 79.7 cm³/mol. The number of Topliss-reactive ketones (excluding diaryl/α,β-unsaturated/α-hetero) is 1. The van der Waals surface area contributed by atoms with E-state index in [1.807, 2.05) is 0 Å².